The van der Waals surface area contributed by atoms with Crippen LogP contribution in [0.5, 0.6) is 0 Å². The molecule has 1 aliphatic heterocycles. The fourth-order valence-corrected chi connectivity index (χ4v) is 2.81. The van der Waals surface area contributed by atoms with Crippen LogP contribution in [0.15, 0.2) is 24.3 Å². The van der Waals surface area contributed by atoms with Crippen LogP contribution in [0.25, 0.3) is 0 Å². The van der Waals surface area contributed by atoms with E-state index in [-0.39, 0.29) is 17.9 Å². The van der Waals surface area contributed by atoms with Gasteiger partial charge in [0.1, 0.15) is 5.60 Å². The number of anilines is 1. The van der Waals surface area contributed by atoms with Gasteiger partial charge in [-0.15, -0.1) is 0 Å². The van der Waals surface area contributed by atoms with E-state index < -0.39 is 11.6 Å². The number of urea groups is 1. The van der Waals surface area contributed by atoms with Crippen LogP contribution in [-0.2, 0) is 14.3 Å². The van der Waals surface area contributed by atoms with Gasteiger partial charge in [0, 0.05) is 18.8 Å². The molecule has 0 atom stereocenters. The molecule has 7 nitrogen and oxygen atoms in total. The monoisotopic (exact) mass is 376 g/mol. The molecule has 0 aliphatic carbocycles. The molecular weight excluding hydrogens is 348 g/mol. The molecule has 2 rings (SSSR count). The first-order valence-electron chi connectivity index (χ1n) is 9.25. The standard InChI is InChI=1S/C20H28N2O5/c1-5-26-17(23)15-10-12-22(13-11-15)19(25)21-16-8-6-14(7-9-16)18(24)27-20(2,3)4/h6-9,15H,5,10-13H2,1-4H3,(H,21,25). The third-order valence-electron chi connectivity index (χ3n) is 4.17. The Morgan fingerprint density at radius 1 is 1.11 bits per heavy atom. The Morgan fingerprint density at radius 2 is 1.70 bits per heavy atom. The normalized spacial score (nSPS) is 15.2. The summed E-state index contributed by atoms with van der Waals surface area (Å²) in [5.41, 5.74) is 0.470. The first-order chi connectivity index (χ1) is 12.7. The number of carbonyl (C=O) groups excluding carboxylic acids is 3. The molecule has 0 saturated carbocycles. The maximum Gasteiger partial charge on any atom is 0.338 e. The molecule has 148 valence electrons. The fraction of sp³-hybridized carbons (Fsp3) is 0.550. The minimum Gasteiger partial charge on any atom is -0.466 e. The SMILES string of the molecule is CCOC(=O)C1CCN(C(=O)Nc2ccc(C(=O)OC(C)(C)C)cc2)CC1. The number of amides is 2. The maximum atomic E-state index is 12.4. The highest BCUT2D eigenvalue weighted by Crippen LogP contribution is 2.20. The van der Waals surface area contributed by atoms with Gasteiger partial charge in [-0.3, -0.25) is 4.79 Å². The average Bonchev–Trinajstić information content (AvgIpc) is 2.61. The minimum absolute atomic E-state index is 0.137. The van der Waals surface area contributed by atoms with Gasteiger partial charge in [0.05, 0.1) is 18.1 Å². The largest absolute Gasteiger partial charge is 0.466 e. The number of carbonyl (C=O) groups is 3. The van der Waals surface area contributed by atoms with Gasteiger partial charge in [0.25, 0.3) is 0 Å². The highest BCUT2D eigenvalue weighted by atomic mass is 16.6. The van der Waals surface area contributed by atoms with Crippen LogP contribution in [0.2, 0.25) is 0 Å². The molecule has 1 saturated heterocycles. The molecule has 1 aromatic carbocycles. The van der Waals surface area contributed by atoms with Crippen molar-refractivity contribution in [3.63, 3.8) is 0 Å². The Hall–Kier alpha value is -2.57. The van der Waals surface area contributed by atoms with E-state index in [4.69, 9.17) is 9.47 Å². The molecule has 0 radical (unpaired) electrons. The summed E-state index contributed by atoms with van der Waals surface area (Å²) in [5.74, 6) is -0.723. The third-order valence-corrected chi connectivity index (χ3v) is 4.17. The summed E-state index contributed by atoms with van der Waals surface area (Å²) in [7, 11) is 0. The zero-order chi connectivity index (χ0) is 20.0. The minimum atomic E-state index is -0.556. The highest BCUT2D eigenvalue weighted by molar-refractivity contribution is 5.92. The van der Waals surface area contributed by atoms with E-state index >= 15 is 0 Å². The van der Waals surface area contributed by atoms with Gasteiger partial charge in [-0.1, -0.05) is 0 Å². The summed E-state index contributed by atoms with van der Waals surface area (Å²) in [6, 6.07) is 6.36. The molecule has 2 amide bonds. The summed E-state index contributed by atoms with van der Waals surface area (Å²) >= 11 is 0. The number of hydrogen-bond acceptors (Lipinski definition) is 5. The quantitative estimate of drug-likeness (QED) is 0.814. The molecule has 1 N–H and O–H groups in total. The van der Waals surface area contributed by atoms with Crippen LogP contribution >= 0.6 is 0 Å². The first-order valence-corrected chi connectivity index (χ1v) is 9.25. The molecule has 1 heterocycles. The second-order valence-corrected chi connectivity index (χ2v) is 7.52. The van der Waals surface area contributed by atoms with Gasteiger partial charge in [0.2, 0.25) is 0 Å². The lowest BCUT2D eigenvalue weighted by Crippen LogP contribution is -2.42. The molecule has 1 fully saturated rings. The second kappa shape index (κ2) is 8.88. The van der Waals surface area contributed by atoms with E-state index in [1.54, 1.807) is 36.1 Å². The van der Waals surface area contributed by atoms with Crippen molar-refractivity contribution in [2.24, 2.45) is 5.92 Å². The highest BCUT2D eigenvalue weighted by Gasteiger charge is 2.28. The second-order valence-electron chi connectivity index (χ2n) is 7.52. The van der Waals surface area contributed by atoms with Crippen molar-refractivity contribution in [2.45, 2.75) is 46.1 Å². The average molecular weight is 376 g/mol. The summed E-state index contributed by atoms with van der Waals surface area (Å²) in [4.78, 5) is 37.8. The molecule has 0 bridgehead atoms. The van der Waals surface area contributed by atoms with E-state index in [1.165, 1.54) is 0 Å². The summed E-state index contributed by atoms with van der Waals surface area (Å²) in [6.45, 7) is 8.60. The molecule has 0 aromatic heterocycles. The number of hydrogen-bond donors (Lipinski definition) is 1. The predicted molar refractivity (Wildman–Crippen MR) is 102 cm³/mol. The number of rotatable bonds is 4. The molecule has 1 aromatic rings. The van der Waals surface area contributed by atoms with Crippen molar-refractivity contribution in [3.8, 4) is 0 Å². The van der Waals surface area contributed by atoms with Gasteiger partial charge in [-0.05, 0) is 64.8 Å². The van der Waals surface area contributed by atoms with Crippen molar-refractivity contribution in [1.82, 2.24) is 4.90 Å². The van der Waals surface area contributed by atoms with Gasteiger partial charge in [-0.2, -0.15) is 0 Å². The number of ether oxygens (including phenoxy) is 2. The van der Waals surface area contributed by atoms with Crippen molar-refractivity contribution >= 4 is 23.7 Å². The summed E-state index contributed by atoms with van der Waals surface area (Å²) < 4.78 is 10.4. The van der Waals surface area contributed by atoms with E-state index in [0.29, 0.717) is 43.8 Å². The molecule has 7 heteroatoms. The molecule has 27 heavy (non-hydrogen) atoms. The van der Waals surface area contributed by atoms with Crippen molar-refractivity contribution in [1.29, 1.82) is 0 Å². The lowest BCUT2D eigenvalue weighted by molar-refractivity contribution is -0.149. The van der Waals surface area contributed by atoms with Crippen LogP contribution in [0.4, 0.5) is 10.5 Å². The summed E-state index contributed by atoms with van der Waals surface area (Å²) in [5, 5.41) is 2.81. The van der Waals surface area contributed by atoms with E-state index in [1.807, 2.05) is 20.8 Å². The first kappa shape index (κ1) is 20.7. The van der Waals surface area contributed by atoms with Gasteiger partial charge in [0.15, 0.2) is 0 Å². The van der Waals surface area contributed by atoms with Gasteiger partial charge < -0.3 is 19.7 Å². The zero-order valence-electron chi connectivity index (χ0n) is 16.4. The molecule has 0 spiro atoms. The lowest BCUT2D eigenvalue weighted by atomic mass is 9.97. The van der Waals surface area contributed by atoms with Crippen LogP contribution in [-0.4, -0.2) is 48.2 Å². The van der Waals surface area contributed by atoms with Gasteiger partial charge in [-0.25, -0.2) is 9.59 Å². The summed E-state index contributed by atoms with van der Waals surface area (Å²) in [6.07, 6.45) is 1.20. The number of esters is 2. The fourth-order valence-electron chi connectivity index (χ4n) is 2.81. The topological polar surface area (TPSA) is 84.9 Å². The van der Waals surface area contributed by atoms with Crippen LogP contribution in [0, 0.1) is 5.92 Å². The third kappa shape index (κ3) is 6.27. The number of nitrogens with zero attached hydrogens (tertiary/aromatic N) is 1. The number of piperidine rings is 1. The van der Waals surface area contributed by atoms with Crippen LogP contribution in [0.3, 0.4) is 0 Å². The van der Waals surface area contributed by atoms with Crippen molar-refractivity contribution in [2.75, 3.05) is 25.0 Å². The zero-order valence-corrected chi connectivity index (χ0v) is 16.4. The van der Waals surface area contributed by atoms with Crippen LogP contribution in [0.1, 0.15) is 50.9 Å². The molecule has 0 unspecified atom stereocenters. The number of likely N-dealkylation sites (tertiary alicyclic amines) is 1. The smallest absolute Gasteiger partial charge is 0.338 e. The Morgan fingerprint density at radius 3 is 2.22 bits per heavy atom. The van der Waals surface area contributed by atoms with E-state index in [0.717, 1.165) is 0 Å². The molecule has 1 aliphatic rings. The Balaban J connectivity index is 1.86. The van der Waals surface area contributed by atoms with E-state index in [9.17, 15) is 14.4 Å². The lowest BCUT2D eigenvalue weighted by Gasteiger charge is -2.30. The van der Waals surface area contributed by atoms with Gasteiger partial charge >= 0.3 is 18.0 Å². The molecular formula is C20H28N2O5. The number of nitrogens with one attached hydrogen (secondary N) is 1. The number of benzene rings is 1. The van der Waals surface area contributed by atoms with Crippen molar-refractivity contribution < 1.29 is 23.9 Å². The Kier molecular flexibility index (Phi) is 6.82. The maximum absolute atomic E-state index is 12.4. The Bertz CT molecular complexity index is 671. The Labute approximate surface area is 160 Å². The van der Waals surface area contributed by atoms with E-state index in [2.05, 4.69) is 5.32 Å². The van der Waals surface area contributed by atoms with Crippen molar-refractivity contribution in [3.05, 3.63) is 29.8 Å². The predicted octanol–water partition coefficient (Wildman–Crippen LogP) is 3.45. The van der Waals surface area contributed by atoms with Crippen LogP contribution < -0.4 is 5.32 Å².